The summed E-state index contributed by atoms with van der Waals surface area (Å²) in [5.41, 5.74) is 4.58. The largest absolute Gasteiger partial charge is 0.481 e. The Labute approximate surface area is 431 Å². The lowest BCUT2D eigenvalue weighted by Crippen LogP contribution is -2.36. The summed E-state index contributed by atoms with van der Waals surface area (Å²) in [7, 11) is -10.9. The number of nitrogens with zero attached hydrogens (tertiary/aromatic N) is 2. The Bertz CT molecular complexity index is 2050. The van der Waals surface area contributed by atoms with E-state index in [1.54, 1.807) is 0 Å². The first-order valence-corrected chi connectivity index (χ1v) is 28.7. The highest BCUT2D eigenvalue weighted by atomic mass is 31.3. The van der Waals surface area contributed by atoms with Crippen molar-refractivity contribution in [2.24, 2.45) is 0 Å². The lowest BCUT2D eigenvalue weighted by Gasteiger charge is -2.21. The molecule has 19 nitrogen and oxygen atoms in total. The second-order valence-electron chi connectivity index (χ2n) is 17.4. The minimum Gasteiger partial charge on any atom is -0.462 e. The maximum absolute atomic E-state index is 12.9. The molecule has 0 radical (unpaired) electrons. The van der Waals surface area contributed by atoms with Gasteiger partial charge < -0.3 is 45.1 Å². The molecule has 0 spiro atoms. The number of rotatable bonds is 42. The van der Waals surface area contributed by atoms with Gasteiger partial charge in [0.15, 0.2) is 12.3 Å². The molecular weight excluding hydrogens is 985 g/mol. The number of nitrogens with two attached hydrogens (primary N) is 1. The van der Waals surface area contributed by atoms with Gasteiger partial charge in [-0.05, 0) is 102 Å². The standard InChI is InChI=1S/C52H83N3O16P2/c1-2-3-4-5-6-7-8-9-10-12-15-18-21-24-27-30-33-36-47(57)66-41-44(69-48(58)37-34-31-28-25-22-19-16-13-11-14-17-20-23-26-29-32-35-40-56)42-67-72(62,63)71-73(64,65)68-43-45-49(59)50(60)51(70-45)55-39-38-46(53)54-52(55)61/h6-7,9-11,14-16,18-20,23,25,28,38-39,44-45,49-51,56,59-60H,2-5,8,12-13,17,21-22,24,26-27,29-37,40-43H2,1H3,(H,62,63)(H,64,65)(H2,53,54,61)/b7-6-,10-9-,14-11-,18-15-,19-16-,23-20-,28-25-/t44-,45-,49-,50-,51-/m1/s1. The first-order chi connectivity index (χ1) is 35.2. The van der Waals surface area contributed by atoms with E-state index in [0.29, 0.717) is 25.7 Å². The van der Waals surface area contributed by atoms with Crippen LogP contribution in [0.4, 0.5) is 5.82 Å². The van der Waals surface area contributed by atoms with Crippen LogP contribution >= 0.6 is 15.6 Å². The van der Waals surface area contributed by atoms with Gasteiger partial charge in [0.05, 0.1) is 13.2 Å². The average molecular weight is 1070 g/mol. The zero-order chi connectivity index (χ0) is 53.4. The zero-order valence-corrected chi connectivity index (χ0v) is 44.4. The van der Waals surface area contributed by atoms with E-state index < -0.39 is 83.7 Å². The van der Waals surface area contributed by atoms with Crippen LogP contribution in [-0.2, 0) is 46.3 Å². The van der Waals surface area contributed by atoms with Gasteiger partial charge in [0, 0.05) is 25.6 Å². The van der Waals surface area contributed by atoms with Crippen molar-refractivity contribution >= 4 is 33.4 Å². The number of aliphatic hydroxyl groups is 3. The summed E-state index contributed by atoms with van der Waals surface area (Å²) in [6.45, 7) is 0.0439. The monoisotopic (exact) mass is 1070 g/mol. The highest BCUT2D eigenvalue weighted by Crippen LogP contribution is 2.60. The molecule has 2 heterocycles. The minimum absolute atomic E-state index is 0.0453. The Kier molecular flexibility index (Phi) is 35.8. The van der Waals surface area contributed by atoms with E-state index in [-0.39, 0.29) is 25.3 Å². The number of carbonyl (C=O) groups is 2. The Morgan fingerprint density at radius 2 is 1.18 bits per heavy atom. The van der Waals surface area contributed by atoms with E-state index in [0.717, 1.165) is 94.2 Å². The average Bonchev–Trinajstić information content (AvgIpc) is 3.63. The lowest BCUT2D eigenvalue weighted by molar-refractivity contribution is -0.161. The number of phosphoric ester groups is 2. The fraction of sp³-hybridized carbons (Fsp3) is 0.615. The Morgan fingerprint density at radius 3 is 1.73 bits per heavy atom. The molecule has 7 atom stereocenters. The maximum atomic E-state index is 12.9. The number of hydrogen-bond donors (Lipinski definition) is 6. The van der Waals surface area contributed by atoms with E-state index in [9.17, 15) is 43.5 Å². The van der Waals surface area contributed by atoms with Crippen LogP contribution in [0.15, 0.2) is 102 Å². The molecule has 1 aromatic heterocycles. The van der Waals surface area contributed by atoms with Crippen molar-refractivity contribution in [3.63, 3.8) is 0 Å². The first kappa shape index (κ1) is 65.0. The Morgan fingerprint density at radius 1 is 0.685 bits per heavy atom. The third-order valence-electron chi connectivity index (χ3n) is 11.0. The van der Waals surface area contributed by atoms with E-state index in [1.807, 2.05) is 18.2 Å². The third-order valence-corrected chi connectivity index (χ3v) is 13.6. The van der Waals surface area contributed by atoms with Gasteiger partial charge in [-0.15, -0.1) is 0 Å². The summed E-state index contributed by atoms with van der Waals surface area (Å²) in [5.74, 6) is -1.42. The van der Waals surface area contributed by atoms with Crippen LogP contribution in [0, 0.1) is 0 Å². The summed E-state index contributed by atoms with van der Waals surface area (Å²) in [6.07, 6.45) is 41.1. The molecule has 7 N–H and O–H groups in total. The SMILES string of the molecule is CCCCC/C=C\C/C=C\C/C=C\CCCCCCC(=O)OC[C@H](COP(=O)(O)OP(=O)(O)OC[C@H]1O[C@@H](n2ccc(N)nc2=O)[C@H](O)[C@@H]1O)OC(=O)CCC/C=C\C/C=C\C/C=C\C/C=C\CCCCCO. The summed E-state index contributed by atoms with van der Waals surface area (Å²) in [5, 5.41) is 29.7. The van der Waals surface area contributed by atoms with Gasteiger partial charge in [-0.3, -0.25) is 23.2 Å². The van der Waals surface area contributed by atoms with Crippen molar-refractivity contribution in [3.05, 3.63) is 108 Å². The van der Waals surface area contributed by atoms with Crippen LogP contribution in [0.5, 0.6) is 0 Å². The molecule has 73 heavy (non-hydrogen) atoms. The second-order valence-corrected chi connectivity index (χ2v) is 20.4. The van der Waals surface area contributed by atoms with Crippen LogP contribution in [0.1, 0.15) is 154 Å². The molecular formula is C52H83N3O16P2. The first-order valence-electron chi connectivity index (χ1n) is 25.7. The summed E-state index contributed by atoms with van der Waals surface area (Å²) < 4.78 is 56.7. The molecule has 2 rings (SSSR count). The number of hydrogen-bond acceptors (Lipinski definition) is 16. The molecule has 0 amide bonds. The summed E-state index contributed by atoms with van der Waals surface area (Å²) in [6, 6.07) is 1.24. The number of ether oxygens (including phenoxy) is 3. The molecule has 1 aliphatic rings. The van der Waals surface area contributed by atoms with E-state index >= 15 is 0 Å². The normalized spacial score (nSPS) is 19.6. The number of anilines is 1. The Hall–Kier alpha value is -4.10. The van der Waals surface area contributed by atoms with Gasteiger partial charge >= 0.3 is 33.3 Å². The van der Waals surface area contributed by atoms with Crippen LogP contribution in [0.3, 0.4) is 0 Å². The number of allylic oxidation sites excluding steroid dienone is 14. The predicted molar refractivity (Wildman–Crippen MR) is 281 cm³/mol. The number of unbranched alkanes of at least 4 members (excludes halogenated alkanes) is 11. The quantitative estimate of drug-likeness (QED) is 0.0154. The van der Waals surface area contributed by atoms with E-state index in [2.05, 4.69) is 83.1 Å². The maximum Gasteiger partial charge on any atom is 0.481 e. The minimum atomic E-state index is -5.45. The van der Waals surface area contributed by atoms with Crippen molar-refractivity contribution < 1.29 is 71.4 Å². The number of aromatic nitrogens is 2. The smallest absolute Gasteiger partial charge is 0.462 e. The number of aliphatic hydroxyl groups excluding tert-OH is 3. The molecule has 0 aliphatic carbocycles. The zero-order valence-electron chi connectivity index (χ0n) is 42.6. The lowest BCUT2D eigenvalue weighted by atomic mass is 10.1. The predicted octanol–water partition coefficient (Wildman–Crippen LogP) is 9.64. The van der Waals surface area contributed by atoms with Crippen LogP contribution < -0.4 is 11.4 Å². The van der Waals surface area contributed by atoms with Crippen molar-refractivity contribution in [2.75, 3.05) is 32.2 Å². The van der Waals surface area contributed by atoms with Gasteiger partial charge in [-0.2, -0.15) is 9.29 Å². The van der Waals surface area contributed by atoms with Gasteiger partial charge in [0.1, 0.15) is 30.7 Å². The van der Waals surface area contributed by atoms with Gasteiger partial charge in [-0.25, -0.2) is 13.9 Å². The van der Waals surface area contributed by atoms with Crippen molar-refractivity contribution in [1.82, 2.24) is 9.55 Å². The number of phosphoric acid groups is 2. The fourth-order valence-electron chi connectivity index (χ4n) is 7.00. The number of esters is 2. The Balaban J connectivity index is 1.84. The van der Waals surface area contributed by atoms with Gasteiger partial charge in [-0.1, -0.05) is 124 Å². The third kappa shape index (κ3) is 32.7. The topological polar surface area (TPSA) is 286 Å². The van der Waals surface area contributed by atoms with Crippen LogP contribution in [-0.4, -0.2) is 97.4 Å². The molecule has 21 heteroatoms. The number of nitrogen functional groups attached to an aromatic ring is 1. The second kappa shape index (κ2) is 40.2. The fourth-order valence-corrected chi connectivity index (χ4v) is 9.11. The molecule has 0 bridgehead atoms. The molecule has 2 unspecified atom stereocenters. The van der Waals surface area contributed by atoms with Crippen molar-refractivity contribution in [2.45, 2.75) is 179 Å². The van der Waals surface area contributed by atoms with Crippen LogP contribution in [0.2, 0.25) is 0 Å². The van der Waals surface area contributed by atoms with Crippen LogP contribution in [0.25, 0.3) is 0 Å². The van der Waals surface area contributed by atoms with Gasteiger partial charge in [0.2, 0.25) is 0 Å². The van der Waals surface area contributed by atoms with Gasteiger partial charge in [0.25, 0.3) is 0 Å². The van der Waals surface area contributed by atoms with E-state index in [1.165, 1.54) is 25.3 Å². The summed E-state index contributed by atoms with van der Waals surface area (Å²) >= 11 is 0. The molecule has 1 aliphatic heterocycles. The highest BCUT2D eigenvalue weighted by molar-refractivity contribution is 7.61. The highest BCUT2D eigenvalue weighted by Gasteiger charge is 2.46. The van der Waals surface area contributed by atoms with E-state index in [4.69, 9.17) is 34.1 Å². The molecule has 0 aromatic carbocycles. The number of carbonyl (C=O) groups excluding carboxylic acids is 2. The summed E-state index contributed by atoms with van der Waals surface area (Å²) in [4.78, 5) is 61.9. The molecule has 412 valence electrons. The molecule has 1 fully saturated rings. The van der Waals surface area contributed by atoms with Crippen molar-refractivity contribution in [1.29, 1.82) is 0 Å². The molecule has 1 saturated heterocycles. The van der Waals surface area contributed by atoms with Crippen molar-refractivity contribution in [3.8, 4) is 0 Å². The molecule has 0 saturated carbocycles. The molecule has 1 aromatic rings.